The first-order valence-electron chi connectivity index (χ1n) is 10.7. The Labute approximate surface area is 165 Å². The number of rotatable bonds is 17. The average Bonchev–Trinajstić information content (AvgIpc) is 2.63. The van der Waals surface area contributed by atoms with Crippen molar-refractivity contribution in [2.45, 2.75) is 110 Å². The fraction of sp³-hybridized carbons (Fsp3) is 0.857. The highest BCUT2D eigenvalue weighted by Gasteiger charge is 2.00. The number of unbranched alkanes of at least 4 members (excludes halogenated alkanes) is 10. The van der Waals surface area contributed by atoms with E-state index in [0.29, 0.717) is 12.8 Å². The van der Waals surface area contributed by atoms with Crippen LogP contribution in [0.15, 0.2) is 0 Å². The zero-order valence-electron chi connectivity index (χ0n) is 17.6. The Balaban J connectivity index is 0. The van der Waals surface area contributed by atoms with E-state index in [-0.39, 0.29) is 18.2 Å². The van der Waals surface area contributed by atoms with Gasteiger partial charge in [0, 0.05) is 25.8 Å². The van der Waals surface area contributed by atoms with Gasteiger partial charge in [-0.05, 0) is 19.3 Å². The van der Waals surface area contributed by atoms with Crippen LogP contribution < -0.4 is 11.1 Å². The van der Waals surface area contributed by atoms with Crippen molar-refractivity contribution in [1.29, 1.82) is 0 Å². The molecule has 0 aromatic heterocycles. The summed E-state index contributed by atoms with van der Waals surface area (Å²) < 4.78 is 0. The Morgan fingerprint density at radius 2 is 1.19 bits per heavy atom. The highest BCUT2D eigenvalue weighted by atomic mass is 16.4. The summed E-state index contributed by atoms with van der Waals surface area (Å²) in [5, 5.41) is 10.7. The number of hydrogen-bond acceptors (Lipinski definition) is 3. The molecule has 6 heteroatoms. The van der Waals surface area contributed by atoms with Crippen LogP contribution in [0.5, 0.6) is 0 Å². The first-order valence-corrected chi connectivity index (χ1v) is 10.7. The van der Waals surface area contributed by atoms with Gasteiger partial charge in [0.1, 0.15) is 0 Å². The van der Waals surface area contributed by atoms with E-state index in [2.05, 4.69) is 12.2 Å². The van der Waals surface area contributed by atoms with Crippen molar-refractivity contribution < 1.29 is 19.5 Å². The minimum atomic E-state index is -0.745. The van der Waals surface area contributed by atoms with Crippen LogP contribution in [-0.2, 0) is 14.4 Å². The molecule has 0 aromatic carbocycles. The van der Waals surface area contributed by atoms with Crippen molar-refractivity contribution >= 4 is 17.8 Å². The average molecular weight is 387 g/mol. The van der Waals surface area contributed by atoms with Gasteiger partial charge in [0.15, 0.2) is 0 Å². The lowest BCUT2D eigenvalue weighted by atomic mass is 10.1. The molecular weight excluding hydrogens is 344 g/mol. The number of nitrogens with two attached hydrogens (primary N) is 1. The fourth-order valence-corrected chi connectivity index (χ4v) is 2.51. The van der Waals surface area contributed by atoms with E-state index >= 15 is 0 Å². The van der Waals surface area contributed by atoms with Gasteiger partial charge in [-0.2, -0.15) is 0 Å². The Kier molecular flexibility index (Phi) is 23.0. The molecule has 2 amide bonds. The summed E-state index contributed by atoms with van der Waals surface area (Å²) in [6.45, 7) is 4.63. The monoisotopic (exact) mass is 386 g/mol. The van der Waals surface area contributed by atoms with Crippen molar-refractivity contribution in [3.8, 4) is 0 Å². The molecule has 0 aliphatic heterocycles. The normalized spacial score (nSPS) is 10.0. The Morgan fingerprint density at radius 1 is 0.741 bits per heavy atom. The molecule has 0 saturated heterocycles. The molecule has 0 aliphatic carbocycles. The summed E-state index contributed by atoms with van der Waals surface area (Å²) in [6, 6.07) is 0. The first-order chi connectivity index (χ1) is 12.9. The Morgan fingerprint density at radius 3 is 1.63 bits per heavy atom. The molecule has 0 atom stereocenters. The van der Waals surface area contributed by atoms with Gasteiger partial charge in [-0.15, -0.1) is 0 Å². The minimum absolute atomic E-state index is 0.191. The van der Waals surface area contributed by atoms with Gasteiger partial charge in [0.25, 0.3) is 0 Å². The predicted molar refractivity (Wildman–Crippen MR) is 110 cm³/mol. The van der Waals surface area contributed by atoms with E-state index < -0.39 is 5.97 Å². The lowest BCUT2D eigenvalue weighted by molar-refractivity contribution is -0.136. The van der Waals surface area contributed by atoms with Crippen molar-refractivity contribution in [2.75, 3.05) is 6.54 Å². The fourth-order valence-electron chi connectivity index (χ4n) is 2.51. The van der Waals surface area contributed by atoms with Crippen LogP contribution in [0.2, 0.25) is 0 Å². The van der Waals surface area contributed by atoms with E-state index in [0.717, 1.165) is 38.6 Å². The number of carbonyl (C=O) groups excluding carboxylic acids is 2. The second-order valence-corrected chi connectivity index (χ2v) is 6.95. The van der Waals surface area contributed by atoms with Gasteiger partial charge in [-0.1, -0.05) is 71.6 Å². The van der Waals surface area contributed by atoms with E-state index in [1.165, 1.54) is 44.9 Å². The van der Waals surface area contributed by atoms with Gasteiger partial charge in [-0.3, -0.25) is 14.4 Å². The standard InChI is InChI=1S/C18H36N2O2.C3H6O2/c1-2-3-4-13-16-20-18(22)15-12-10-8-6-5-7-9-11-14-17(19)21;1-2-3(4)5/h2-16H2,1H3,(H2,19,21)(H,20,22);2H2,1H3,(H,4,5). The summed E-state index contributed by atoms with van der Waals surface area (Å²) >= 11 is 0. The van der Waals surface area contributed by atoms with E-state index in [1.54, 1.807) is 6.92 Å². The maximum atomic E-state index is 11.6. The van der Waals surface area contributed by atoms with Crippen LogP contribution in [-0.4, -0.2) is 29.4 Å². The predicted octanol–water partition coefficient (Wildman–Crippen LogP) is 4.55. The quantitative estimate of drug-likeness (QED) is 0.318. The summed E-state index contributed by atoms with van der Waals surface area (Å²) in [6.07, 6.45) is 15.3. The van der Waals surface area contributed by atoms with Crippen LogP contribution in [0.4, 0.5) is 0 Å². The maximum Gasteiger partial charge on any atom is 0.303 e. The van der Waals surface area contributed by atoms with Gasteiger partial charge in [0.05, 0.1) is 0 Å². The zero-order chi connectivity index (χ0) is 20.8. The van der Waals surface area contributed by atoms with Crippen LogP contribution in [0.25, 0.3) is 0 Å². The number of aliphatic carboxylic acids is 1. The number of nitrogens with one attached hydrogen (secondary N) is 1. The van der Waals surface area contributed by atoms with Crippen LogP contribution in [0.3, 0.4) is 0 Å². The molecule has 0 bridgehead atoms. The van der Waals surface area contributed by atoms with Crippen molar-refractivity contribution in [3.63, 3.8) is 0 Å². The molecule has 6 nitrogen and oxygen atoms in total. The summed E-state index contributed by atoms with van der Waals surface area (Å²) in [7, 11) is 0. The van der Waals surface area contributed by atoms with Crippen LogP contribution >= 0.6 is 0 Å². The third-order valence-corrected chi connectivity index (χ3v) is 4.23. The second-order valence-electron chi connectivity index (χ2n) is 6.95. The Bertz CT molecular complexity index is 373. The van der Waals surface area contributed by atoms with Crippen molar-refractivity contribution in [1.82, 2.24) is 5.32 Å². The molecule has 0 rings (SSSR count). The van der Waals surface area contributed by atoms with Gasteiger partial charge >= 0.3 is 5.97 Å². The third kappa shape index (κ3) is 29.4. The summed E-state index contributed by atoms with van der Waals surface area (Å²) in [4.78, 5) is 31.5. The summed E-state index contributed by atoms with van der Waals surface area (Å²) in [5.74, 6) is -0.725. The minimum Gasteiger partial charge on any atom is -0.481 e. The maximum absolute atomic E-state index is 11.6. The van der Waals surface area contributed by atoms with E-state index in [4.69, 9.17) is 10.8 Å². The van der Waals surface area contributed by atoms with Gasteiger partial charge < -0.3 is 16.2 Å². The van der Waals surface area contributed by atoms with Gasteiger partial charge in [0.2, 0.25) is 11.8 Å². The number of carbonyl (C=O) groups is 3. The molecule has 0 unspecified atom stereocenters. The number of amides is 2. The SMILES string of the molecule is CCC(=O)O.CCCCCCNC(=O)CCCCCCCCCCC(N)=O. The molecule has 0 aromatic rings. The number of primary amides is 1. The Hall–Kier alpha value is -1.59. The molecule has 0 fully saturated rings. The van der Waals surface area contributed by atoms with E-state index in [1.807, 2.05) is 0 Å². The van der Waals surface area contributed by atoms with Crippen molar-refractivity contribution in [3.05, 3.63) is 0 Å². The topological polar surface area (TPSA) is 109 Å². The largest absolute Gasteiger partial charge is 0.481 e. The highest BCUT2D eigenvalue weighted by molar-refractivity contribution is 5.75. The lowest BCUT2D eigenvalue weighted by Crippen LogP contribution is -2.23. The van der Waals surface area contributed by atoms with E-state index in [9.17, 15) is 14.4 Å². The molecule has 0 heterocycles. The van der Waals surface area contributed by atoms with Crippen LogP contribution in [0, 0.1) is 0 Å². The lowest BCUT2D eigenvalue weighted by Gasteiger charge is -2.05. The first kappa shape index (κ1) is 27.6. The molecule has 0 radical (unpaired) electrons. The second kappa shape index (κ2) is 22.5. The number of carboxylic acids is 1. The molecule has 160 valence electrons. The molecule has 4 N–H and O–H groups in total. The molecular formula is C21H42N2O4. The molecule has 0 saturated carbocycles. The zero-order valence-corrected chi connectivity index (χ0v) is 17.6. The summed E-state index contributed by atoms with van der Waals surface area (Å²) in [5.41, 5.74) is 5.09. The molecule has 27 heavy (non-hydrogen) atoms. The third-order valence-electron chi connectivity index (χ3n) is 4.23. The molecule has 0 aliphatic rings. The van der Waals surface area contributed by atoms with Crippen molar-refractivity contribution in [2.24, 2.45) is 5.73 Å². The highest BCUT2D eigenvalue weighted by Crippen LogP contribution is 2.10. The van der Waals surface area contributed by atoms with Gasteiger partial charge in [-0.25, -0.2) is 0 Å². The van der Waals surface area contributed by atoms with Crippen LogP contribution in [0.1, 0.15) is 110 Å². The smallest absolute Gasteiger partial charge is 0.303 e. The number of hydrogen-bond donors (Lipinski definition) is 3. The molecule has 0 spiro atoms. The number of carboxylic acid groups (broad SMARTS) is 1.